The molecular formula is C34H48F3NO8. The first-order valence-electron chi connectivity index (χ1n) is 16.0. The molecule has 0 atom stereocenters. The predicted molar refractivity (Wildman–Crippen MR) is 168 cm³/mol. The summed E-state index contributed by atoms with van der Waals surface area (Å²) in [5.74, 6) is -0.805. The molecule has 258 valence electrons. The number of benzene rings is 2. The van der Waals surface area contributed by atoms with Crippen LogP contribution in [-0.4, -0.2) is 78.0 Å². The second-order valence-corrected chi connectivity index (χ2v) is 10.4. The third kappa shape index (κ3) is 18.1. The van der Waals surface area contributed by atoms with Crippen molar-refractivity contribution in [2.75, 3.05) is 71.4 Å². The van der Waals surface area contributed by atoms with Gasteiger partial charge in [0.15, 0.2) is 0 Å². The van der Waals surface area contributed by atoms with Crippen LogP contribution in [0.3, 0.4) is 0 Å². The van der Waals surface area contributed by atoms with E-state index in [-0.39, 0.29) is 37.0 Å². The van der Waals surface area contributed by atoms with E-state index in [0.717, 1.165) is 25.0 Å². The smallest absolute Gasteiger partial charge is 0.416 e. The molecule has 12 heteroatoms. The van der Waals surface area contributed by atoms with Gasteiger partial charge in [0.25, 0.3) is 0 Å². The van der Waals surface area contributed by atoms with E-state index in [9.17, 15) is 22.8 Å². The predicted octanol–water partition coefficient (Wildman–Crippen LogP) is 7.36. The zero-order valence-electron chi connectivity index (χ0n) is 26.7. The summed E-state index contributed by atoms with van der Waals surface area (Å²) in [6.07, 6.45) is 4.11. The number of nitrogens with one attached hydrogen (secondary N) is 1. The van der Waals surface area contributed by atoms with E-state index in [0.29, 0.717) is 58.4 Å². The van der Waals surface area contributed by atoms with Crippen molar-refractivity contribution in [1.29, 1.82) is 0 Å². The maximum absolute atomic E-state index is 13.0. The van der Waals surface area contributed by atoms with Gasteiger partial charge in [-0.1, -0.05) is 63.6 Å². The van der Waals surface area contributed by atoms with Crippen LogP contribution in [0.25, 0.3) is 0 Å². The third-order valence-electron chi connectivity index (χ3n) is 6.67. The molecule has 2 aromatic carbocycles. The number of halogens is 3. The molecule has 46 heavy (non-hydrogen) atoms. The number of anilines is 2. The Hall–Kier alpha value is -3.19. The first kappa shape index (κ1) is 39.0. The van der Waals surface area contributed by atoms with Gasteiger partial charge in [0.2, 0.25) is 0 Å². The summed E-state index contributed by atoms with van der Waals surface area (Å²) in [6, 6.07) is 11.1. The van der Waals surface area contributed by atoms with Crippen LogP contribution < -0.4 is 5.32 Å². The Balaban J connectivity index is 1.42. The van der Waals surface area contributed by atoms with Crippen LogP contribution in [0.1, 0.15) is 74.2 Å². The van der Waals surface area contributed by atoms with Crippen molar-refractivity contribution >= 4 is 23.3 Å². The highest BCUT2D eigenvalue weighted by Crippen LogP contribution is 2.32. The fourth-order valence-electron chi connectivity index (χ4n) is 4.24. The minimum Gasteiger partial charge on any atom is -0.463 e. The molecule has 0 saturated carbocycles. The van der Waals surface area contributed by atoms with Crippen molar-refractivity contribution in [3.05, 3.63) is 59.7 Å². The fourth-order valence-corrected chi connectivity index (χ4v) is 4.24. The summed E-state index contributed by atoms with van der Waals surface area (Å²) in [7, 11) is 0. The number of rotatable bonds is 26. The van der Waals surface area contributed by atoms with Gasteiger partial charge in [0.05, 0.1) is 69.7 Å². The maximum atomic E-state index is 13.0. The number of hydrogen-bond acceptors (Lipinski definition) is 9. The number of hydrogen-bond donors (Lipinski definition) is 1. The molecule has 1 N–H and O–H groups in total. The molecule has 0 aliphatic heterocycles. The molecular weight excluding hydrogens is 607 g/mol. The molecule has 0 unspecified atom stereocenters. The normalized spacial score (nSPS) is 11.4. The Morgan fingerprint density at radius 1 is 0.652 bits per heavy atom. The van der Waals surface area contributed by atoms with Crippen LogP contribution in [0.4, 0.5) is 24.5 Å². The van der Waals surface area contributed by atoms with Gasteiger partial charge in [0.1, 0.15) is 13.2 Å². The molecule has 0 aliphatic rings. The van der Waals surface area contributed by atoms with E-state index in [4.69, 9.17) is 28.4 Å². The summed E-state index contributed by atoms with van der Waals surface area (Å²) in [6.45, 7) is 5.11. The lowest BCUT2D eigenvalue weighted by Crippen LogP contribution is -2.15. The highest BCUT2D eigenvalue weighted by Gasteiger charge is 2.30. The number of para-hydroxylation sites is 1. The summed E-state index contributed by atoms with van der Waals surface area (Å²) in [5.41, 5.74) is -0.0887. The maximum Gasteiger partial charge on any atom is 0.416 e. The number of alkyl halides is 3. The van der Waals surface area contributed by atoms with Crippen LogP contribution in [0.5, 0.6) is 0 Å². The number of ether oxygens (including phenoxy) is 6. The summed E-state index contributed by atoms with van der Waals surface area (Å²) < 4.78 is 71.2. The van der Waals surface area contributed by atoms with E-state index in [1.807, 2.05) is 0 Å². The third-order valence-corrected chi connectivity index (χ3v) is 6.67. The summed E-state index contributed by atoms with van der Waals surface area (Å²) in [4.78, 5) is 24.3. The Morgan fingerprint density at radius 2 is 1.20 bits per heavy atom. The number of carbonyl (C=O) groups is 2. The minimum absolute atomic E-state index is 0.00175. The molecule has 0 aromatic heterocycles. The van der Waals surface area contributed by atoms with Crippen LogP contribution in [0.2, 0.25) is 0 Å². The van der Waals surface area contributed by atoms with E-state index in [2.05, 4.69) is 12.2 Å². The van der Waals surface area contributed by atoms with Gasteiger partial charge in [-0.2, -0.15) is 13.2 Å². The van der Waals surface area contributed by atoms with Crippen LogP contribution >= 0.6 is 0 Å². The number of unbranched alkanes of at least 4 members (excludes halogenated alkanes) is 6. The van der Waals surface area contributed by atoms with Gasteiger partial charge < -0.3 is 33.7 Å². The largest absolute Gasteiger partial charge is 0.463 e. The lowest BCUT2D eigenvalue weighted by molar-refractivity contribution is -0.145. The highest BCUT2D eigenvalue weighted by atomic mass is 19.4. The topological polar surface area (TPSA) is 102 Å². The molecule has 0 bridgehead atoms. The van der Waals surface area contributed by atoms with Gasteiger partial charge in [-0.15, -0.1) is 0 Å². The highest BCUT2D eigenvalue weighted by molar-refractivity contribution is 5.96. The molecule has 9 nitrogen and oxygen atoms in total. The lowest BCUT2D eigenvalue weighted by atomic mass is 10.1. The molecule has 0 radical (unpaired) electrons. The SMILES string of the molecule is CCCCCCCCCC(=O)OCCOCCOCCOCCOCCOC(=O)c1ccccc1Nc1cccc(C(F)(F)F)c1. The average Bonchev–Trinajstić information content (AvgIpc) is 3.04. The van der Waals surface area contributed by atoms with Crippen molar-refractivity contribution in [3.8, 4) is 0 Å². The molecule has 2 rings (SSSR count). The number of carbonyl (C=O) groups excluding carboxylic acids is 2. The van der Waals surface area contributed by atoms with Crippen molar-refractivity contribution < 1.29 is 51.2 Å². The minimum atomic E-state index is -4.47. The van der Waals surface area contributed by atoms with Gasteiger partial charge >= 0.3 is 18.1 Å². The van der Waals surface area contributed by atoms with Gasteiger partial charge in [-0.05, 0) is 36.8 Å². The van der Waals surface area contributed by atoms with Crippen LogP contribution in [-0.2, 0) is 39.4 Å². The fraction of sp³-hybridized carbons (Fsp3) is 0.588. The van der Waals surface area contributed by atoms with Gasteiger partial charge in [-0.25, -0.2) is 4.79 Å². The lowest BCUT2D eigenvalue weighted by Gasteiger charge is -2.13. The molecule has 0 spiro atoms. The quantitative estimate of drug-likeness (QED) is 0.0823. The van der Waals surface area contributed by atoms with Crippen molar-refractivity contribution in [2.24, 2.45) is 0 Å². The average molecular weight is 656 g/mol. The van der Waals surface area contributed by atoms with Crippen LogP contribution in [0, 0.1) is 0 Å². The van der Waals surface area contributed by atoms with Gasteiger partial charge in [0, 0.05) is 12.1 Å². The Kier molecular flexibility index (Phi) is 20.4. The van der Waals surface area contributed by atoms with Crippen molar-refractivity contribution in [2.45, 2.75) is 64.5 Å². The molecule has 0 heterocycles. The molecule has 0 aliphatic carbocycles. The van der Waals surface area contributed by atoms with Gasteiger partial charge in [-0.3, -0.25) is 4.79 Å². The summed E-state index contributed by atoms with van der Waals surface area (Å²) in [5, 5.41) is 2.85. The van der Waals surface area contributed by atoms with Crippen LogP contribution in [0.15, 0.2) is 48.5 Å². The van der Waals surface area contributed by atoms with E-state index < -0.39 is 17.7 Å². The first-order valence-corrected chi connectivity index (χ1v) is 16.0. The zero-order valence-corrected chi connectivity index (χ0v) is 26.7. The van der Waals surface area contributed by atoms with E-state index >= 15 is 0 Å². The molecule has 2 aromatic rings. The second-order valence-electron chi connectivity index (χ2n) is 10.4. The zero-order chi connectivity index (χ0) is 33.3. The van der Waals surface area contributed by atoms with E-state index in [1.54, 1.807) is 18.2 Å². The van der Waals surface area contributed by atoms with E-state index in [1.165, 1.54) is 50.3 Å². The monoisotopic (exact) mass is 655 g/mol. The standard InChI is InChI=1S/C34H48F3NO8/c1-2-3-4-5-6-7-8-16-32(39)45-25-23-43-21-19-41-17-18-42-20-22-44-24-26-46-33(40)30-14-9-10-15-31(30)38-29-13-11-12-28(27-29)34(35,36)37/h9-15,27,38H,2-8,16-26H2,1H3. The first-order chi connectivity index (χ1) is 22.3. The molecule has 0 fully saturated rings. The second kappa shape index (κ2) is 24.0. The Labute approximate surface area is 270 Å². The number of esters is 2. The van der Waals surface area contributed by atoms with Crippen molar-refractivity contribution in [3.63, 3.8) is 0 Å². The molecule has 0 amide bonds. The Morgan fingerprint density at radius 3 is 1.80 bits per heavy atom. The Bertz CT molecular complexity index is 1120. The van der Waals surface area contributed by atoms with Crippen molar-refractivity contribution in [1.82, 2.24) is 0 Å². The molecule has 0 saturated heterocycles. The summed E-state index contributed by atoms with van der Waals surface area (Å²) >= 11 is 0.